The van der Waals surface area contributed by atoms with Crippen molar-refractivity contribution in [2.45, 2.75) is 9.56 Å². The summed E-state index contributed by atoms with van der Waals surface area (Å²) in [5.41, 5.74) is 9.44. The molecule has 16 heavy (non-hydrogen) atoms. The zero-order valence-corrected chi connectivity index (χ0v) is 9.59. The molecule has 2 aromatic heterocycles. The SMILES string of the molecule is Nc1cccc2oc(Sc3nncs3)nc12. The number of para-hydroxylation sites is 1. The van der Waals surface area contributed by atoms with Crippen LogP contribution >= 0.6 is 23.1 Å². The molecule has 3 aromatic rings. The summed E-state index contributed by atoms with van der Waals surface area (Å²) in [6.45, 7) is 0. The molecule has 0 saturated carbocycles. The van der Waals surface area contributed by atoms with E-state index in [2.05, 4.69) is 15.2 Å². The van der Waals surface area contributed by atoms with Gasteiger partial charge in [-0.3, -0.25) is 0 Å². The quantitative estimate of drug-likeness (QED) is 0.704. The number of nitrogen functional groups attached to an aromatic ring is 1. The third-order valence-corrected chi connectivity index (χ3v) is 3.57. The van der Waals surface area contributed by atoms with Gasteiger partial charge in [0.15, 0.2) is 9.92 Å². The van der Waals surface area contributed by atoms with Gasteiger partial charge in [0, 0.05) is 11.8 Å². The summed E-state index contributed by atoms with van der Waals surface area (Å²) in [4.78, 5) is 4.30. The fourth-order valence-corrected chi connectivity index (χ4v) is 2.60. The summed E-state index contributed by atoms with van der Waals surface area (Å²) in [6, 6.07) is 5.47. The zero-order chi connectivity index (χ0) is 11.0. The topological polar surface area (TPSA) is 77.8 Å². The minimum absolute atomic E-state index is 0.532. The van der Waals surface area contributed by atoms with Crippen molar-refractivity contribution in [2.75, 3.05) is 5.73 Å². The lowest BCUT2D eigenvalue weighted by Crippen LogP contribution is -1.84. The number of hydrogen-bond acceptors (Lipinski definition) is 7. The van der Waals surface area contributed by atoms with E-state index in [1.807, 2.05) is 12.1 Å². The summed E-state index contributed by atoms with van der Waals surface area (Å²) in [7, 11) is 0. The number of benzene rings is 1. The third-order valence-electron chi connectivity index (χ3n) is 1.95. The van der Waals surface area contributed by atoms with E-state index in [9.17, 15) is 0 Å². The molecule has 2 heterocycles. The van der Waals surface area contributed by atoms with E-state index in [0.29, 0.717) is 22.0 Å². The lowest BCUT2D eigenvalue weighted by molar-refractivity contribution is 0.489. The Balaban J connectivity index is 2.02. The van der Waals surface area contributed by atoms with Crippen LogP contribution in [0.4, 0.5) is 5.69 Å². The predicted octanol–water partition coefficient (Wildman–Crippen LogP) is 2.41. The highest BCUT2D eigenvalue weighted by Gasteiger charge is 2.10. The van der Waals surface area contributed by atoms with Gasteiger partial charge in [0.25, 0.3) is 5.22 Å². The third kappa shape index (κ3) is 1.63. The molecule has 0 fully saturated rings. The van der Waals surface area contributed by atoms with Crippen LogP contribution in [0, 0.1) is 0 Å². The molecule has 2 N–H and O–H groups in total. The van der Waals surface area contributed by atoms with Crippen LogP contribution in [0.2, 0.25) is 0 Å². The van der Waals surface area contributed by atoms with E-state index >= 15 is 0 Å². The number of aromatic nitrogens is 3. The summed E-state index contributed by atoms with van der Waals surface area (Å²) in [5, 5.41) is 8.18. The Hall–Kier alpha value is -1.60. The van der Waals surface area contributed by atoms with E-state index in [0.717, 1.165) is 4.34 Å². The minimum atomic E-state index is 0.532. The summed E-state index contributed by atoms with van der Waals surface area (Å²) >= 11 is 2.78. The van der Waals surface area contributed by atoms with Crippen molar-refractivity contribution in [3.8, 4) is 0 Å². The van der Waals surface area contributed by atoms with Crippen molar-refractivity contribution in [1.29, 1.82) is 0 Å². The zero-order valence-electron chi connectivity index (χ0n) is 7.95. The van der Waals surface area contributed by atoms with Crippen molar-refractivity contribution < 1.29 is 4.42 Å². The van der Waals surface area contributed by atoms with Crippen LogP contribution in [0.1, 0.15) is 0 Å². The average Bonchev–Trinajstić information content (AvgIpc) is 2.88. The standard InChI is InChI=1S/C9H6N4OS2/c10-5-2-1-3-6-7(5)12-8(14-6)16-9-13-11-4-15-9/h1-4H,10H2. The number of fused-ring (bicyclic) bond motifs is 1. The lowest BCUT2D eigenvalue weighted by atomic mass is 10.3. The van der Waals surface area contributed by atoms with Crippen LogP contribution in [0.5, 0.6) is 0 Å². The smallest absolute Gasteiger partial charge is 0.264 e. The Kier molecular flexibility index (Phi) is 2.26. The molecule has 0 atom stereocenters. The van der Waals surface area contributed by atoms with Crippen molar-refractivity contribution in [1.82, 2.24) is 15.2 Å². The Morgan fingerprint density at radius 2 is 2.31 bits per heavy atom. The molecule has 1 aromatic carbocycles. The van der Waals surface area contributed by atoms with Gasteiger partial charge in [0.1, 0.15) is 11.0 Å². The van der Waals surface area contributed by atoms with Gasteiger partial charge in [-0.05, 0) is 12.1 Å². The molecule has 0 saturated heterocycles. The number of rotatable bonds is 2. The van der Waals surface area contributed by atoms with Crippen LogP contribution in [0.25, 0.3) is 11.1 Å². The molecule has 0 aliphatic heterocycles. The molecular weight excluding hydrogens is 244 g/mol. The first-order chi connectivity index (χ1) is 7.83. The van der Waals surface area contributed by atoms with Crippen molar-refractivity contribution in [3.63, 3.8) is 0 Å². The van der Waals surface area contributed by atoms with Crippen LogP contribution < -0.4 is 5.73 Å². The molecule has 0 aliphatic carbocycles. The Morgan fingerprint density at radius 1 is 1.38 bits per heavy atom. The van der Waals surface area contributed by atoms with Gasteiger partial charge in [-0.15, -0.1) is 10.2 Å². The maximum absolute atomic E-state index is 5.79. The first-order valence-electron chi connectivity index (χ1n) is 4.42. The van der Waals surface area contributed by atoms with E-state index < -0.39 is 0 Å². The average molecular weight is 250 g/mol. The van der Waals surface area contributed by atoms with E-state index in [-0.39, 0.29) is 0 Å². The molecule has 7 heteroatoms. The van der Waals surface area contributed by atoms with Gasteiger partial charge >= 0.3 is 0 Å². The number of oxazole rings is 1. The second-order valence-corrected chi connectivity index (χ2v) is 5.01. The van der Waals surface area contributed by atoms with Crippen LogP contribution in [0.15, 0.2) is 37.7 Å². The van der Waals surface area contributed by atoms with Gasteiger partial charge < -0.3 is 10.2 Å². The number of anilines is 1. The highest BCUT2D eigenvalue weighted by molar-refractivity contribution is 8.00. The molecule has 80 valence electrons. The van der Waals surface area contributed by atoms with E-state index in [1.54, 1.807) is 11.6 Å². The maximum atomic E-state index is 5.79. The second-order valence-electron chi connectivity index (χ2n) is 2.98. The van der Waals surface area contributed by atoms with Gasteiger partial charge in [0.05, 0.1) is 5.69 Å². The van der Waals surface area contributed by atoms with Gasteiger partial charge in [0.2, 0.25) is 0 Å². The molecule has 0 radical (unpaired) electrons. The molecule has 0 amide bonds. The van der Waals surface area contributed by atoms with Crippen molar-refractivity contribution in [2.24, 2.45) is 0 Å². The Bertz CT molecular complexity index is 620. The number of nitrogens with zero attached hydrogens (tertiary/aromatic N) is 3. The van der Waals surface area contributed by atoms with Crippen molar-refractivity contribution in [3.05, 3.63) is 23.7 Å². The van der Waals surface area contributed by atoms with E-state index in [4.69, 9.17) is 10.2 Å². The molecule has 0 bridgehead atoms. The monoisotopic (exact) mass is 250 g/mol. The second kappa shape index (κ2) is 3.76. The molecular formula is C9H6N4OS2. The summed E-state index contributed by atoms with van der Waals surface area (Å²) in [6.07, 6.45) is 0. The highest BCUT2D eigenvalue weighted by Crippen LogP contribution is 2.31. The Labute approximate surface area is 98.7 Å². The fraction of sp³-hybridized carbons (Fsp3) is 0. The van der Waals surface area contributed by atoms with E-state index in [1.165, 1.54) is 23.1 Å². The predicted molar refractivity (Wildman–Crippen MR) is 62.5 cm³/mol. The molecule has 3 rings (SSSR count). The van der Waals surface area contributed by atoms with Crippen LogP contribution in [-0.2, 0) is 0 Å². The molecule has 0 unspecified atom stereocenters. The maximum Gasteiger partial charge on any atom is 0.264 e. The van der Waals surface area contributed by atoms with Crippen LogP contribution in [-0.4, -0.2) is 15.2 Å². The largest absolute Gasteiger partial charge is 0.431 e. The molecule has 5 nitrogen and oxygen atoms in total. The number of hydrogen-bond donors (Lipinski definition) is 1. The normalized spacial score (nSPS) is 11.0. The molecule has 0 aliphatic rings. The highest BCUT2D eigenvalue weighted by atomic mass is 32.2. The first-order valence-corrected chi connectivity index (χ1v) is 6.11. The lowest BCUT2D eigenvalue weighted by Gasteiger charge is -1.89. The van der Waals surface area contributed by atoms with Gasteiger partial charge in [-0.25, -0.2) is 4.98 Å². The van der Waals surface area contributed by atoms with Crippen molar-refractivity contribution >= 4 is 39.9 Å². The summed E-state index contributed by atoms with van der Waals surface area (Å²) < 4.78 is 6.33. The summed E-state index contributed by atoms with van der Waals surface area (Å²) in [5.74, 6) is 0. The van der Waals surface area contributed by atoms with Gasteiger partial charge in [-0.1, -0.05) is 17.4 Å². The number of nitrogens with two attached hydrogens (primary N) is 1. The Morgan fingerprint density at radius 3 is 3.06 bits per heavy atom. The van der Waals surface area contributed by atoms with Gasteiger partial charge in [-0.2, -0.15) is 0 Å². The molecule has 0 spiro atoms. The first kappa shape index (κ1) is 9.61. The fourth-order valence-electron chi connectivity index (χ4n) is 1.28. The minimum Gasteiger partial charge on any atom is -0.431 e. The van der Waals surface area contributed by atoms with Crippen LogP contribution in [0.3, 0.4) is 0 Å².